The summed E-state index contributed by atoms with van der Waals surface area (Å²) < 4.78 is 16.8. The molecule has 1 saturated heterocycles. The normalized spacial score (nSPS) is 17.1. The smallest absolute Gasteiger partial charge is 0.335 e. The van der Waals surface area contributed by atoms with E-state index in [2.05, 4.69) is 4.90 Å². The molecule has 0 spiro atoms. The Morgan fingerprint density at radius 2 is 2.10 bits per heavy atom. The average Bonchev–Trinajstić information content (AvgIpc) is 2.42. The summed E-state index contributed by atoms with van der Waals surface area (Å²) in [7, 11) is -0.672. The number of benzene rings is 1. The van der Waals surface area contributed by atoms with Crippen LogP contribution in [0.1, 0.15) is 10.4 Å². The largest absolute Gasteiger partial charge is 0.491 e. The highest BCUT2D eigenvalue weighted by atomic mass is 35.5. The number of aromatic carboxylic acids is 1. The third-order valence-electron chi connectivity index (χ3n) is 3.11. The zero-order chi connectivity index (χ0) is 14.5. The minimum absolute atomic E-state index is 0.140. The number of halogens is 1. The highest BCUT2D eigenvalue weighted by Gasteiger charge is 2.15. The summed E-state index contributed by atoms with van der Waals surface area (Å²) in [6.45, 7) is 2.86. The van der Waals surface area contributed by atoms with Gasteiger partial charge in [-0.05, 0) is 18.2 Å². The first-order valence-corrected chi connectivity index (χ1v) is 8.16. The molecule has 0 atom stereocenters. The maximum absolute atomic E-state index is 11.2. The SMILES string of the molecule is O=C(O)c1ccc(OCCN2CCS(=O)CC2)c(Cl)c1. The van der Waals surface area contributed by atoms with Crippen molar-refractivity contribution >= 4 is 28.4 Å². The molecule has 0 bridgehead atoms. The number of carbonyl (C=O) groups is 1. The fourth-order valence-corrected chi connectivity index (χ4v) is 3.30. The van der Waals surface area contributed by atoms with E-state index in [-0.39, 0.29) is 5.56 Å². The van der Waals surface area contributed by atoms with E-state index in [0.29, 0.717) is 28.9 Å². The molecule has 20 heavy (non-hydrogen) atoms. The van der Waals surface area contributed by atoms with Gasteiger partial charge in [0, 0.05) is 41.9 Å². The van der Waals surface area contributed by atoms with Gasteiger partial charge in [0.1, 0.15) is 12.4 Å². The maximum atomic E-state index is 11.2. The van der Waals surface area contributed by atoms with Crippen molar-refractivity contribution in [2.24, 2.45) is 0 Å². The summed E-state index contributed by atoms with van der Waals surface area (Å²) in [6.07, 6.45) is 0. The lowest BCUT2D eigenvalue weighted by atomic mass is 10.2. The van der Waals surface area contributed by atoms with Crippen LogP contribution in [0.4, 0.5) is 0 Å². The number of ether oxygens (including phenoxy) is 1. The summed E-state index contributed by atoms with van der Waals surface area (Å²) in [5.74, 6) is 0.902. The van der Waals surface area contributed by atoms with E-state index in [9.17, 15) is 9.00 Å². The van der Waals surface area contributed by atoms with Gasteiger partial charge in [-0.25, -0.2) is 4.79 Å². The van der Waals surface area contributed by atoms with E-state index >= 15 is 0 Å². The highest BCUT2D eigenvalue weighted by Crippen LogP contribution is 2.25. The van der Waals surface area contributed by atoms with Gasteiger partial charge in [0.05, 0.1) is 10.6 Å². The Bertz CT molecular complexity index is 513. The standard InChI is InChI=1S/C13H16ClNO4S/c14-11-9-10(13(16)17)1-2-12(11)19-6-3-15-4-7-20(18)8-5-15/h1-2,9H,3-8H2,(H,16,17). The molecule has 0 amide bonds. The van der Waals surface area contributed by atoms with Crippen LogP contribution in [0, 0.1) is 0 Å². The molecule has 5 nitrogen and oxygen atoms in total. The van der Waals surface area contributed by atoms with Crippen molar-refractivity contribution < 1.29 is 18.8 Å². The average molecular weight is 318 g/mol. The number of carboxylic acids is 1. The van der Waals surface area contributed by atoms with Gasteiger partial charge in [-0.2, -0.15) is 0 Å². The van der Waals surface area contributed by atoms with Crippen molar-refractivity contribution in [1.82, 2.24) is 4.90 Å². The van der Waals surface area contributed by atoms with Crippen molar-refractivity contribution in [3.8, 4) is 5.75 Å². The Morgan fingerprint density at radius 1 is 1.40 bits per heavy atom. The van der Waals surface area contributed by atoms with Gasteiger partial charge < -0.3 is 9.84 Å². The summed E-state index contributed by atoms with van der Waals surface area (Å²) in [6, 6.07) is 4.41. The first kappa shape index (κ1) is 15.3. The minimum atomic E-state index is -1.01. The molecule has 0 unspecified atom stereocenters. The fourth-order valence-electron chi connectivity index (χ4n) is 1.93. The van der Waals surface area contributed by atoms with Gasteiger partial charge in [0.25, 0.3) is 0 Å². The molecule has 1 aliphatic rings. The van der Waals surface area contributed by atoms with Crippen LogP contribution in [0.25, 0.3) is 0 Å². The van der Waals surface area contributed by atoms with E-state index in [1.807, 2.05) is 0 Å². The molecule has 1 N–H and O–H groups in total. The number of hydrogen-bond donors (Lipinski definition) is 1. The van der Waals surface area contributed by atoms with Crippen molar-refractivity contribution in [3.63, 3.8) is 0 Å². The molecular weight excluding hydrogens is 302 g/mol. The molecule has 0 radical (unpaired) electrons. The Kier molecular flexibility index (Phi) is 5.39. The molecule has 2 rings (SSSR count). The van der Waals surface area contributed by atoms with Gasteiger partial charge in [-0.3, -0.25) is 9.11 Å². The Morgan fingerprint density at radius 3 is 2.70 bits per heavy atom. The van der Waals surface area contributed by atoms with Crippen molar-refractivity contribution in [2.45, 2.75) is 0 Å². The summed E-state index contributed by atoms with van der Waals surface area (Å²) in [4.78, 5) is 13.0. The van der Waals surface area contributed by atoms with Crippen LogP contribution in [-0.4, -0.2) is 57.9 Å². The summed E-state index contributed by atoms with van der Waals surface area (Å²) >= 11 is 5.97. The lowest BCUT2D eigenvalue weighted by Crippen LogP contribution is -2.39. The second-order valence-electron chi connectivity index (χ2n) is 4.49. The zero-order valence-electron chi connectivity index (χ0n) is 10.9. The topological polar surface area (TPSA) is 66.8 Å². The third kappa shape index (κ3) is 4.19. The molecule has 1 heterocycles. The van der Waals surface area contributed by atoms with Crippen LogP contribution >= 0.6 is 11.6 Å². The number of nitrogens with zero attached hydrogens (tertiary/aromatic N) is 1. The van der Waals surface area contributed by atoms with E-state index in [1.165, 1.54) is 12.1 Å². The molecule has 0 aliphatic carbocycles. The molecular formula is C13H16ClNO4S. The van der Waals surface area contributed by atoms with E-state index < -0.39 is 16.8 Å². The third-order valence-corrected chi connectivity index (χ3v) is 4.69. The predicted octanol–water partition coefficient (Wildman–Crippen LogP) is 1.48. The summed E-state index contributed by atoms with van der Waals surface area (Å²) in [5, 5.41) is 9.13. The lowest BCUT2D eigenvalue weighted by molar-refractivity contribution is 0.0697. The predicted molar refractivity (Wildman–Crippen MR) is 78.2 cm³/mol. The maximum Gasteiger partial charge on any atom is 0.335 e. The van der Waals surface area contributed by atoms with E-state index in [0.717, 1.165) is 19.6 Å². The zero-order valence-corrected chi connectivity index (χ0v) is 12.5. The Labute approximate surface area is 124 Å². The van der Waals surface area contributed by atoms with Gasteiger partial charge in [0.2, 0.25) is 0 Å². The Hall–Kier alpha value is -1.11. The quantitative estimate of drug-likeness (QED) is 0.891. The van der Waals surface area contributed by atoms with Crippen LogP contribution in [0.3, 0.4) is 0 Å². The van der Waals surface area contributed by atoms with E-state index in [1.54, 1.807) is 6.07 Å². The highest BCUT2D eigenvalue weighted by molar-refractivity contribution is 7.85. The van der Waals surface area contributed by atoms with Crippen molar-refractivity contribution in [2.75, 3.05) is 37.7 Å². The molecule has 0 aromatic heterocycles. The number of rotatable bonds is 5. The molecule has 0 saturated carbocycles. The van der Waals surface area contributed by atoms with Crippen LogP contribution < -0.4 is 4.74 Å². The van der Waals surface area contributed by atoms with Gasteiger partial charge >= 0.3 is 5.97 Å². The molecule has 1 fully saturated rings. The number of hydrogen-bond acceptors (Lipinski definition) is 4. The second-order valence-corrected chi connectivity index (χ2v) is 6.59. The van der Waals surface area contributed by atoms with Crippen LogP contribution in [0.15, 0.2) is 18.2 Å². The first-order valence-electron chi connectivity index (χ1n) is 6.29. The van der Waals surface area contributed by atoms with Crippen LogP contribution in [0.2, 0.25) is 5.02 Å². The minimum Gasteiger partial charge on any atom is -0.491 e. The van der Waals surface area contributed by atoms with Crippen molar-refractivity contribution in [1.29, 1.82) is 0 Å². The van der Waals surface area contributed by atoms with Gasteiger partial charge in [-0.15, -0.1) is 0 Å². The monoisotopic (exact) mass is 317 g/mol. The first-order chi connectivity index (χ1) is 9.56. The summed E-state index contributed by atoms with van der Waals surface area (Å²) in [5.41, 5.74) is 0.140. The van der Waals surface area contributed by atoms with Crippen LogP contribution in [-0.2, 0) is 10.8 Å². The van der Waals surface area contributed by atoms with Crippen molar-refractivity contribution in [3.05, 3.63) is 28.8 Å². The molecule has 7 heteroatoms. The number of carboxylic acid groups (broad SMARTS) is 1. The Balaban J connectivity index is 1.82. The van der Waals surface area contributed by atoms with Gasteiger partial charge in [-0.1, -0.05) is 11.6 Å². The van der Waals surface area contributed by atoms with E-state index in [4.69, 9.17) is 21.4 Å². The second kappa shape index (κ2) is 7.06. The fraction of sp³-hybridized carbons (Fsp3) is 0.462. The van der Waals surface area contributed by atoms with Crippen LogP contribution in [0.5, 0.6) is 5.75 Å². The molecule has 1 aromatic rings. The molecule has 1 aromatic carbocycles. The lowest BCUT2D eigenvalue weighted by Gasteiger charge is -2.25. The molecule has 110 valence electrons. The van der Waals surface area contributed by atoms with Gasteiger partial charge in [0.15, 0.2) is 0 Å². The molecule has 1 aliphatic heterocycles.